The second-order valence-corrected chi connectivity index (χ2v) is 8.82. The standard InChI is InChI=1S/C21H22O4.C11H12O.H2/c1-15-11-12-16(7-6-10-18(22)14-20(23)25-2)13-19(15)21(24)17-8-4-3-5-9-17;1-3-11(12)8-10-6-4-9(2)5-7-10;/h3-5,8-9,11-13H,6-7,10,14H2,1-2H3;3-7H,1,8H2,2H3;1H. The zero-order chi connectivity index (χ0) is 27.2. The number of methoxy groups -OCH3 is 1. The molecule has 0 aliphatic carbocycles. The van der Waals surface area contributed by atoms with E-state index in [4.69, 9.17) is 0 Å². The van der Waals surface area contributed by atoms with Gasteiger partial charge in [-0.2, -0.15) is 0 Å². The van der Waals surface area contributed by atoms with Gasteiger partial charge >= 0.3 is 5.97 Å². The van der Waals surface area contributed by atoms with Crippen LogP contribution >= 0.6 is 0 Å². The number of Topliss-reactive ketones (excluding diaryl/α,β-unsaturated/α-hetero) is 1. The summed E-state index contributed by atoms with van der Waals surface area (Å²) in [6.45, 7) is 7.37. The Labute approximate surface area is 220 Å². The Kier molecular flexibility index (Phi) is 11.9. The van der Waals surface area contributed by atoms with Crippen LogP contribution in [0.4, 0.5) is 0 Å². The van der Waals surface area contributed by atoms with Crippen LogP contribution in [0.2, 0.25) is 0 Å². The van der Waals surface area contributed by atoms with E-state index < -0.39 is 5.97 Å². The van der Waals surface area contributed by atoms with Gasteiger partial charge in [-0.3, -0.25) is 19.2 Å². The molecule has 0 N–H and O–H groups in total. The summed E-state index contributed by atoms with van der Waals surface area (Å²) in [5, 5.41) is 0. The Bertz CT molecular complexity index is 1230. The molecule has 0 radical (unpaired) electrons. The van der Waals surface area contributed by atoms with E-state index in [2.05, 4.69) is 11.3 Å². The molecular weight excluding hydrogens is 464 g/mol. The maximum absolute atomic E-state index is 12.7. The molecule has 5 nitrogen and oxygen atoms in total. The van der Waals surface area contributed by atoms with Crippen molar-refractivity contribution in [2.75, 3.05) is 7.11 Å². The lowest BCUT2D eigenvalue weighted by atomic mass is 9.95. The minimum absolute atomic E-state index is 0. The lowest BCUT2D eigenvalue weighted by Gasteiger charge is -2.08. The van der Waals surface area contributed by atoms with Crippen molar-refractivity contribution in [1.82, 2.24) is 0 Å². The van der Waals surface area contributed by atoms with Gasteiger partial charge in [-0.15, -0.1) is 0 Å². The first-order valence-corrected chi connectivity index (χ1v) is 12.2. The second-order valence-electron chi connectivity index (χ2n) is 8.82. The molecule has 0 saturated carbocycles. The first-order chi connectivity index (χ1) is 17.7. The van der Waals surface area contributed by atoms with Crippen molar-refractivity contribution in [2.45, 2.75) is 46.0 Å². The molecule has 0 bridgehead atoms. The molecule has 5 heteroatoms. The molecule has 0 saturated heterocycles. The summed E-state index contributed by atoms with van der Waals surface area (Å²) in [5.41, 5.74) is 5.55. The Morgan fingerprint density at radius 2 is 1.54 bits per heavy atom. The largest absolute Gasteiger partial charge is 0.469 e. The molecule has 0 fully saturated rings. The molecule has 0 amide bonds. The van der Waals surface area contributed by atoms with E-state index in [1.807, 2.05) is 74.5 Å². The highest BCUT2D eigenvalue weighted by Gasteiger charge is 2.13. The Balaban J connectivity index is 0.000000468. The van der Waals surface area contributed by atoms with Gasteiger partial charge in [-0.05, 0) is 55.5 Å². The number of ketones is 3. The molecule has 3 aromatic carbocycles. The van der Waals surface area contributed by atoms with Crippen molar-refractivity contribution >= 4 is 23.3 Å². The van der Waals surface area contributed by atoms with E-state index >= 15 is 0 Å². The summed E-state index contributed by atoms with van der Waals surface area (Å²) in [6.07, 6.45) is 3.29. The van der Waals surface area contributed by atoms with Gasteiger partial charge in [0.1, 0.15) is 12.2 Å². The first kappa shape index (κ1) is 29.1. The molecule has 0 heterocycles. The van der Waals surface area contributed by atoms with E-state index in [1.165, 1.54) is 18.7 Å². The van der Waals surface area contributed by atoms with Gasteiger partial charge in [-0.1, -0.05) is 78.9 Å². The third-order valence-corrected chi connectivity index (χ3v) is 5.80. The summed E-state index contributed by atoms with van der Waals surface area (Å²) in [7, 11) is 1.27. The summed E-state index contributed by atoms with van der Waals surface area (Å²) in [6, 6.07) is 22.9. The Morgan fingerprint density at radius 3 is 2.16 bits per heavy atom. The van der Waals surface area contributed by atoms with Crippen LogP contribution in [0.25, 0.3) is 0 Å². The molecule has 0 aliphatic rings. The highest BCUT2D eigenvalue weighted by Crippen LogP contribution is 2.18. The zero-order valence-corrected chi connectivity index (χ0v) is 21.8. The van der Waals surface area contributed by atoms with Crippen LogP contribution in [0.15, 0.2) is 85.5 Å². The van der Waals surface area contributed by atoms with Gasteiger partial charge in [0.15, 0.2) is 11.6 Å². The predicted molar refractivity (Wildman–Crippen MR) is 148 cm³/mol. The molecule has 0 aliphatic heterocycles. The number of hydrogen-bond acceptors (Lipinski definition) is 5. The first-order valence-electron chi connectivity index (χ1n) is 12.2. The van der Waals surface area contributed by atoms with Crippen LogP contribution < -0.4 is 0 Å². The summed E-state index contributed by atoms with van der Waals surface area (Å²) < 4.78 is 4.49. The number of ether oxygens (including phenoxy) is 1. The van der Waals surface area contributed by atoms with E-state index in [9.17, 15) is 19.2 Å². The van der Waals surface area contributed by atoms with E-state index in [-0.39, 0.29) is 25.2 Å². The SMILES string of the molecule is C=CC(=O)Cc1ccc(C)cc1.COC(=O)CC(=O)CCCc1ccc(C)c(C(=O)c2ccccc2)c1.[HH]. The fourth-order valence-corrected chi connectivity index (χ4v) is 3.60. The van der Waals surface area contributed by atoms with Crippen molar-refractivity contribution in [3.8, 4) is 0 Å². The van der Waals surface area contributed by atoms with Gasteiger partial charge in [0.2, 0.25) is 0 Å². The summed E-state index contributed by atoms with van der Waals surface area (Å²) in [4.78, 5) is 46.3. The minimum atomic E-state index is -0.504. The molecule has 3 rings (SSSR count). The third-order valence-electron chi connectivity index (χ3n) is 5.80. The number of allylic oxidation sites excluding steroid dienone is 1. The predicted octanol–water partition coefficient (Wildman–Crippen LogP) is 6.22. The van der Waals surface area contributed by atoms with Crippen molar-refractivity contribution < 1.29 is 25.3 Å². The number of benzene rings is 3. The van der Waals surface area contributed by atoms with Gasteiger partial charge < -0.3 is 4.74 Å². The molecular formula is C32H36O5. The lowest BCUT2D eigenvalue weighted by Crippen LogP contribution is -2.09. The van der Waals surface area contributed by atoms with Gasteiger partial charge in [0, 0.05) is 25.4 Å². The Morgan fingerprint density at radius 1 is 0.892 bits per heavy atom. The highest BCUT2D eigenvalue weighted by molar-refractivity contribution is 6.10. The number of esters is 1. The molecule has 194 valence electrons. The van der Waals surface area contributed by atoms with Crippen molar-refractivity contribution in [1.29, 1.82) is 0 Å². The van der Waals surface area contributed by atoms with Crippen LogP contribution in [0.5, 0.6) is 0 Å². The second kappa shape index (κ2) is 15.1. The van der Waals surface area contributed by atoms with Crippen LogP contribution in [0, 0.1) is 13.8 Å². The molecule has 3 aromatic rings. The van der Waals surface area contributed by atoms with E-state index in [1.54, 1.807) is 12.1 Å². The van der Waals surface area contributed by atoms with Crippen LogP contribution in [-0.2, 0) is 32.0 Å². The summed E-state index contributed by atoms with van der Waals surface area (Å²) >= 11 is 0. The number of rotatable bonds is 11. The number of carbonyl (C=O) groups is 4. The number of carbonyl (C=O) groups excluding carboxylic acids is 4. The molecule has 0 unspecified atom stereocenters. The van der Waals surface area contributed by atoms with Gasteiger partial charge in [0.25, 0.3) is 0 Å². The monoisotopic (exact) mass is 500 g/mol. The quantitative estimate of drug-likeness (QED) is 0.135. The maximum atomic E-state index is 12.7. The maximum Gasteiger partial charge on any atom is 0.313 e. The number of hydrogen-bond donors (Lipinski definition) is 0. The molecule has 37 heavy (non-hydrogen) atoms. The fraction of sp³-hybridized carbons (Fsp3) is 0.250. The zero-order valence-electron chi connectivity index (χ0n) is 21.8. The average Bonchev–Trinajstić information content (AvgIpc) is 2.91. The van der Waals surface area contributed by atoms with Crippen molar-refractivity contribution in [3.63, 3.8) is 0 Å². The van der Waals surface area contributed by atoms with Gasteiger partial charge in [-0.25, -0.2) is 0 Å². The molecule has 0 aromatic heterocycles. The summed E-state index contributed by atoms with van der Waals surface area (Å²) in [5.74, 6) is -0.559. The van der Waals surface area contributed by atoms with Crippen molar-refractivity contribution in [3.05, 3.63) is 119 Å². The Hall–Kier alpha value is -4.12. The normalized spacial score (nSPS) is 10.0. The molecule has 0 spiro atoms. The fourth-order valence-electron chi connectivity index (χ4n) is 3.60. The average molecular weight is 501 g/mol. The minimum Gasteiger partial charge on any atom is -0.469 e. The van der Waals surface area contributed by atoms with E-state index in [0.717, 1.165) is 16.7 Å². The lowest BCUT2D eigenvalue weighted by molar-refractivity contribution is -0.143. The topological polar surface area (TPSA) is 77.5 Å². The highest BCUT2D eigenvalue weighted by atomic mass is 16.5. The smallest absolute Gasteiger partial charge is 0.313 e. The third kappa shape index (κ3) is 10.2. The van der Waals surface area contributed by atoms with Crippen LogP contribution in [0.3, 0.4) is 0 Å². The number of aryl methyl sites for hydroxylation is 3. The van der Waals surface area contributed by atoms with Crippen LogP contribution in [0.1, 0.15) is 58.9 Å². The molecule has 0 atom stereocenters. The van der Waals surface area contributed by atoms with Crippen molar-refractivity contribution in [2.24, 2.45) is 0 Å². The van der Waals surface area contributed by atoms with Crippen LogP contribution in [-0.4, -0.2) is 30.4 Å². The van der Waals surface area contributed by atoms with E-state index in [0.29, 0.717) is 36.8 Å². The van der Waals surface area contributed by atoms with Gasteiger partial charge in [0.05, 0.1) is 7.11 Å².